The molecule has 5 heteroatoms. The molecule has 1 heterocycles. The number of amides is 1. The number of carbonyl (C=O) groups is 1. The lowest BCUT2D eigenvalue weighted by Gasteiger charge is -2.32. The molecule has 104 valence electrons. The van der Waals surface area contributed by atoms with Gasteiger partial charge >= 0.3 is 0 Å². The highest BCUT2D eigenvalue weighted by Crippen LogP contribution is 2.31. The molecule has 1 aliphatic heterocycles. The van der Waals surface area contributed by atoms with E-state index in [1.807, 2.05) is 0 Å². The number of hydrogen-bond donors (Lipinski definition) is 3. The number of nitrogens with one attached hydrogen (secondary N) is 1. The van der Waals surface area contributed by atoms with Crippen LogP contribution in [-0.4, -0.2) is 42.9 Å². The van der Waals surface area contributed by atoms with Gasteiger partial charge in [-0.15, -0.1) is 0 Å². The van der Waals surface area contributed by atoms with Crippen molar-refractivity contribution in [1.29, 1.82) is 0 Å². The molecule has 0 aromatic carbocycles. The fourth-order valence-corrected chi connectivity index (χ4v) is 2.98. The van der Waals surface area contributed by atoms with Crippen LogP contribution in [0.15, 0.2) is 0 Å². The van der Waals surface area contributed by atoms with Crippen LogP contribution in [0.2, 0.25) is 0 Å². The van der Waals surface area contributed by atoms with E-state index in [4.69, 9.17) is 10.5 Å². The second kappa shape index (κ2) is 5.99. The third-order valence-electron chi connectivity index (χ3n) is 4.31. The first-order valence-corrected chi connectivity index (χ1v) is 6.92. The van der Waals surface area contributed by atoms with Gasteiger partial charge in [-0.25, -0.2) is 0 Å². The number of ether oxygens (including phenoxy) is 1. The van der Waals surface area contributed by atoms with Gasteiger partial charge in [0.2, 0.25) is 5.91 Å². The Kier molecular flexibility index (Phi) is 4.59. The number of carbonyl (C=O) groups excluding carboxylic acids is 1. The predicted molar refractivity (Wildman–Crippen MR) is 67.9 cm³/mol. The average Bonchev–Trinajstić information content (AvgIpc) is 2.85. The Labute approximate surface area is 108 Å². The van der Waals surface area contributed by atoms with Gasteiger partial charge in [0.05, 0.1) is 5.60 Å². The van der Waals surface area contributed by atoms with Crippen molar-refractivity contribution in [3.63, 3.8) is 0 Å². The molecule has 2 rings (SSSR count). The minimum absolute atomic E-state index is 0.0402. The van der Waals surface area contributed by atoms with Gasteiger partial charge in [0.25, 0.3) is 0 Å². The molecule has 4 N–H and O–H groups in total. The van der Waals surface area contributed by atoms with Gasteiger partial charge in [0.15, 0.2) is 0 Å². The SMILES string of the molecule is NCC1CCCC1C(=O)NCC1(O)CCOCC1. The zero-order valence-corrected chi connectivity index (χ0v) is 10.9. The molecule has 1 saturated carbocycles. The summed E-state index contributed by atoms with van der Waals surface area (Å²) >= 11 is 0. The van der Waals surface area contributed by atoms with Crippen LogP contribution in [0.25, 0.3) is 0 Å². The summed E-state index contributed by atoms with van der Waals surface area (Å²) in [6.45, 7) is 2.06. The van der Waals surface area contributed by atoms with Crippen molar-refractivity contribution < 1.29 is 14.6 Å². The van der Waals surface area contributed by atoms with Crippen molar-refractivity contribution in [3.05, 3.63) is 0 Å². The molecule has 2 aliphatic rings. The molecule has 18 heavy (non-hydrogen) atoms. The quantitative estimate of drug-likeness (QED) is 0.662. The Morgan fingerprint density at radius 1 is 1.39 bits per heavy atom. The Bertz CT molecular complexity index is 290. The van der Waals surface area contributed by atoms with Crippen molar-refractivity contribution in [2.24, 2.45) is 17.6 Å². The van der Waals surface area contributed by atoms with Crippen LogP contribution in [0.3, 0.4) is 0 Å². The van der Waals surface area contributed by atoms with Crippen LogP contribution in [-0.2, 0) is 9.53 Å². The molecule has 1 amide bonds. The summed E-state index contributed by atoms with van der Waals surface area (Å²) in [6.07, 6.45) is 4.25. The van der Waals surface area contributed by atoms with Crippen LogP contribution < -0.4 is 11.1 Å². The molecule has 2 fully saturated rings. The molecule has 2 atom stereocenters. The maximum Gasteiger partial charge on any atom is 0.223 e. The average molecular weight is 256 g/mol. The minimum atomic E-state index is -0.787. The molecule has 0 radical (unpaired) electrons. The third kappa shape index (κ3) is 3.22. The highest BCUT2D eigenvalue weighted by Gasteiger charge is 2.34. The Morgan fingerprint density at radius 3 is 2.78 bits per heavy atom. The summed E-state index contributed by atoms with van der Waals surface area (Å²) < 4.78 is 5.22. The predicted octanol–water partition coefficient (Wildman–Crippen LogP) is 0.0191. The zero-order valence-electron chi connectivity index (χ0n) is 10.9. The lowest BCUT2D eigenvalue weighted by molar-refractivity contribution is -0.128. The summed E-state index contributed by atoms with van der Waals surface area (Å²) in [6, 6.07) is 0. The van der Waals surface area contributed by atoms with Crippen LogP contribution in [0.4, 0.5) is 0 Å². The summed E-state index contributed by atoms with van der Waals surface area (Å²) in [7, 11) is 0. The summed E-state index contributed by atoms with van der Waals surface area (Å²) in [5, 5.41) is 13.2. The van der Waals surface area contributed by atoms with Gasteiger partial charge in [-0.2, -0.15) is 0 Å². The van der Waals surface area contributed by atoms with Crippen LogP contribution >= 0.6 is 0 Å². The van der Waals surface area contributed by atoms with E-state index < -0.39 is 5.60 Å². The largest absolute Gasteiger partial charge is 0.388 e. The zero-order chi connectivity index (χ0) is 13.0. The lowest BCUT2D eigenvalue weighted by atomic mass is 9.92. The maximum atomic E-state index is 12.1. The number of rotatable bonds is 4. The van der Waals surface area contributed by atoms with E-state index in [1.54, 1.807) is 0 Å². The third-order valence-corrected chi connectivity index (χ3v) is 4.31. The van der Waals surface area contributed by atoms with Gasteiger partial charge in [-0.3, -0.25) is 4.79 Å². The van der Waals surface area contributed by atoms with E-state index in [2.05, 4.69) is 5.32 Å². The Morgan fingerprint density at radius 2 is 2.11 bits per heavy atom. The van der Waals surface area contributed by atoms with Crippen molar-refractivity contribution >= 4 is 5.91 Å². The van der Waals surface area contributed by atoms with Crippen molar-refractivity contribution in [2.45, 2.75) is 37.7 Å². The first kappa shape index (κ1) is 13.8. The van der Waals surface area contributed by atoms with Crippen LogP contribution in [0.1, 0.15) is 32.1 Å². The first-order chi connectivity index (χ1) is 8.64. The molecule has 0 aromatic rings. The molecule has 0 bridgehead atoms. The van der Waals surface area contributed by atoms with Crippen molar-refractivity contribution in [1.82, 2.24) is 5.32 Å². The van der Waals surface area contributed by atoms with E-state index in [0.717, 1.165) is 19.3 Å². The molecule has 0 aromatic heterocycles. The standard InChI is InChI=1S/C13H24N2O3/c14-8-10-2-1-3-11(10)12(16)15-9-13(17)4-6-18-7-5-13/h10-11,17H,1-9,14H2,(H,15,16). The lowest BCUT2D eigenvalue weighted by Crippen LogP contribution is -2.48. The van der Waals surface area contributed by atoms with Crippen LogP contribution in [0.5, 0.6) is 0 Å². The number of nitrogens with two attached hydrogens (primary N) is 1. The van der Waals surface area contributed by atoms with E-state index in [1.165, 1.54) is 0 Å². The summed E-state index contributed by atoms with van der Waals surface area (Å²) in [5.74, 6) is 0.413. The smallest absolute Gasteiger partial charge is 0.223 e. The van der Waals surface area contributed by atoms with Gasteiger partial charge < -0.3 is 20.9 Å². The Hall–Kier alpha value is -0.650. The molecule has 1 aliphatic carbocycles. The molecule has 1 saturated heterocycles. The van der Waals surface area contributed by atoms with Gasteiger partial charge in [0, 0.05) is 38.5 Å². The van der Waals surface area contributed by atoms with Gasteiger partial charge in [-0.1, -0.05) is 6.42 Å². The highest BCUT2D eigenvalue weighted by molar-refractivity contribution is 5.79. The minimum Gasteiger partial charge on any atom is -0.388 e. The second-order valence-corrected chi connectivity index (χ2v) is 5.59. The molecule has 5 nitrogen and oxygen atoms in total. The molecule has 0 spiro atoms. The Balaban J connectivity index is 1.80. The highest BCUT2D eigenvalue weighted by atomic mass is 16.5. The van der Waals surface area contributed by atoms with Crippen molar-refractivity contribution in [2.75, 3.05) is 26.3 Å². The van der Waals surface area contributed by atoms with E-state index in [9.17, 15) is 9.90 Å². The molecular formula is C13H24N2O3. The van der Waals surface area contributed by atoms with E-state index in [-0.39, 0.29) is 11.8 Å². The van der Waals surface area contributed by atoms with Gasteiger partial charge in [-0.05, 0) is 25.3 Å². The molecule has 2 unspecified atom stereocenters. The molecular weight excluding hydrogens is 232 g/mol. The van der Waals surface area contributed by atoms with Crippen LogP contribution in [0, 0.1) is 11.8 Å². The first-order valence-electron chi connectivity index (χ1n) is 6.92. The monoisotopic (exact) mass is 256 g/mol. The normalized spacial score (nSPS) is 31.2. The maximum absolute atomic E-state index is 12.1. The fraction of sp³-hybridized carbons (Fsp3) is 0.923. The summed E-state index contributed by atoms with van der Waals surface area (Å²) in [4.78, 5) is 12.1. The van der Waals surface area contributed by atoms with E-state index >= 15 is 0 Å². The fourth-order valence-electron chi connectivity index (χ4n) is 2.98. The summed E-state index contributed by atoms with van der Waals surface area (Å²) in [5.41, 5.74) is 4.89. The van der Waals surface area contributed by atoms with Crippen molar-refractivity contribution in [3.8, 4) is 0 Å². The topological polar surface area (TPSA) is 84.6 Å². The number of aliphatic hydroxyl groups is 1. The van der Waals surface area contributed by atoms with E-state index in [0.29, 0.717) is 45.1 Å². The van der Waals surface area contributed by atoms with Gasteiger partial charge in [0.1, 0.15) is 0 Å². The number of hydrogen-bond acceptors (Lipinski definition) is 4. The second-order valence-electron chi connectivity index (χ2n) is 5.59.